The first-order chi connectivity index (χ1) is 10.4. The van der Waals surface area contributed by atoms with E-state index in [1.807, 2.05) is 24.3 Å². The number of ether oxygens (including phenoxy) is 1. The van der Waals surface area contributed by atoms with Gasteiger partial charge in [0.05, 0.1) is 12.6 Å². The minimum absolute atomic E-state index is 0. The van der Waals surface area contributed by atoms with Gasteiger partial charge in [-0.2, -0.15) is 0 Å². The summed E-state index contributed by atoms with van der Waals surface area (Å²) in [5.74, 6) is 0.965. The maximum Gasteiger partial charge on any atom is 0.119 e. The number of nitrogens with one attached hydrogen (secondary N) is 1. The Balaban J connectivity index is 0.00000132. The van der Waals surface area contributed by atoms with Crippen molar-refractivity contribution in [3.05, 3.63) is 52.2 Å². The maximum absolute atomic E-state index is 5.67. The van der Waals surface area contributed by atoms with E-state index in [2.05, 4.69) is 45.9 Å². The predicted octanol–water partition coefficient (Wildman–Crippen LogP) is 3.99. The molecule has 1 aromatic carbocycles. The maximum atomic E-state index is 5.67. The molecule has 0 aliphatic carbocycles. The molecule has 3 nitrogen and oxygen atoms in total. The number of hydrogen-bond donors (Lipinski definition) is 1. The zero-order valence-electron chi connectivity index (χ0n) is 13.2. The van der Waals surface area contributed by atoms with Crippen molar-refractivity contribution in [2.75, 3.05) is 32.8 Å². The summed E-state index contributed by atoms with van der Waals surface area (Å²) in [6.45, 7) is 7.03. The molecule has 1 N–H and O–H groups in total. The van der Waals surface area contributed by atoms with Crippen LogP contribution in [0.4, 0.5) is 0 Å². The molecule has 2 aromatic rings. The third-order valence-electron chi connectivity index (χ3n) is 3.81. The van der Waals surface area contributed by atoms with Crippen molar-refractivity contribution in [1.82, 2.24) is 10.2 Å². The summed E-state index contributed by atoms with van der Waals surface area (Å²) < 4.78 is 5.67. The molecule has 1 aliphatic rings. The zero-order chi connectivity index (χ0) is 14.5. The van der Waals surface area contributed by atoms with Crippen LogP contribution in [-0.4, -0.2) is 37.7 Å². The van der Waals surface area contributed by atoms with E-state index in [-0.39, 0.29) is 24.8 Å². The molecular formula is C17H24Cl2N2OS. The Morgan fingerprint density at radius 2 is 1.96 bits per heavy atom. The monoisotopic (exact) mass is 374 g/mol. The van der Waals surface area contributed by atoms with Gasteiger partial charge in [0.1, 0.15) is 5.75 Å². The fourth-order valence-corrected chi connectivity index (χ4v) is 3.77. The van der Waals surface area contributed by atoms with Gasteiger partial charge >= 0.3 is 0 Å². The molecule has 0 radical (unpaired) electrons. The lowest BCUT2D eigenvalue weighted by molar-refractivity contribution is 0.200. The fourth-order valence-electron chi connectivity index (χ4n) is 2.88. The Bertz CT molecular complexity index is 559. The van der Waals surface area contributed by atoms with Crippen molar-refractivity contribution in [1.29, 1.82) is 0 Å². The van der Waals surface area contributed by atoms with Crippen LogP contribution in [-0.2, 0) is 0 Å². The first kappa shape index (κ1) is 20.3. The van der Waals surface area contributed by atoms with Gasteiger partial charge in [0.25, 0.3) is 0 Å². The van der Waals surface area contributed by atoms with Crippen LogP contribution in [0.15, 0.2) is 41.8 Å². The molecular weight excluding hydrogens is 351 g/mol. The molecule has 1 fully saturated rings. The number of hydrogen-bond acceptors (Lipinski definition) is 4. The molecule has 0 amide bonds. The molecule has 23 heavy (non-hydrogen) atoms. The highest BCUT2D eigenvalue weighted by atomic mass is 35.5. The van der Waals surface area contributed by atoms with E-state index in [1.165, 1.54) is 10.4 Å². The normalized spacial score (nSPS) is 16.0. The van der Waals surface area contributed by atoms with Gasteiger partial charge in [-0.05, 0) is 36.1 Å². The Hall–Kier alpha value is -0.780. The Labute approximate surface area is 154 Å². The second kappa shape index (κ2) is 10.2. The average Bonchev–Trinajstić information content (AvgIpc) is 3.03. The highest BCUT2D eigenvalue weighted by Crippen LogP contribution is 2.33. The van der Waals surface area contributed by atoms with Gasteiger partial charge in [-0.3, -0.25) is 4.90 Å². The molecule has 0 spiro atoms. The van der Waals surface area contributed by atoms with Crippen molar-refractivity contribution in [2.24, 2.45) is 0 Å². The lowest BCUT2D eigenvalue weighted by Crippen LogP contribution is -2.45. The highest BCUT2D eigenvalue weighted by molar-refractivity contribution is 7.10. The third-order valence-corrected chi connectivity index (χ3v) is 4.74. The van der Waals surface area contributed by atoms with Gasteiger partial charge in [0.15, 0.2) is 0 Å². The van der Waals surface area contributed by atoms with Gasteiger partial charge in [-0.15, -0.1) is 36.2 Å². The number of nitrogens with zero attached hydrogens (tertiary/aromatic N) is 1. The number of rotatable bonds is 5. The minimum atomic E-state index is 0. The topological polar surface area (TPSA) is 24.5 Å². The van der Waals surface area contributed by atoms with Crippen LogP contribution in [0.5, 0.6) is 5.75 Å². The van der Waals surface area contributed by atoms with Crippen molar-refractivity contribution < 1.29 is 4.74 Å². The summed E-state index contributed by atoms with van der Waals surface area (Å²) in [6.07, 6.45) is 0. The standard InChI is InChI=1S/C17H22N2OS.2ClH/c1-2-20-15-6-3-5-14(13-15)17(16-7-4-12-21-16)19-10-8-18-9-11-19;;/h3-7,12-13,17-18H,2,8-11H2,1H3;2*1H/t17-;;/m1../s1. The predicted molar refractivity (Wildman–Crippen MR) is 103 cm³/mol. The van der Waals surface area contributed by atoms with Crippen molar-refractivity contribution in [3.8, 4) is 5.75 Å². The van der Waals surface area contributed by atoms with Crippen molar-refractivity contribution >= 4 is 36.2 Å². The second-order valence-electron chi connectivity index (χ2n) is 5.21. The van der Waals surface area contributed by atoms with E-state index in [9.17, 15) is 0 Å². The van der Waals surface area contributed by atoms with Crippen molar-refractivity contribution in [2.45, 2.75) is 13.0 Å². The zero-order valence-corrected chi connectivity index (χ0v) is 15.7. The molecule has 1 saturated heterocycles. The number of piperazine rings is 1. The number of benzene rings is 1. The molecule has 0 unspecified atom stereocenters. The summed E-state index contributed by atoms with van der Waals surface area (Å²) in [5, 5.41) is 5.60. The summed E-state index contributed by atoms with van der Waals surface area (Å²) in [6, 6.07) is 13.3. The minimum Gasteiger partial charge on any atom is -0.494 e. The molecule has 2 heterocycles. The summed E-state index contributed by atoms with van der Waals surface area (Å²) in [7, 11) is 0. The van der Waals surface area contributed by atoms with E-state index < -0.39 is 0 Å². The second-order valence-corrected chi connectivity index (χ2v) is 6.19. The third kappa shape index (κ3) is 5.10. The van der Waals surface area contributed by atoms with Crippen LogP contribution in [0.3, 0.4) is 0 Å². The Morgan fingerprint density at radius 1 is 1.17 bits per heavy atom. The molecule has 1 aliphatic heterocycles. The van der Waals surface area contributed by atoms with Crippen LogP contribution in [0, 0.1) is 0 Å². The van der Waals surface area contributed by atoms with Crippen LogP contribution < -0.4 is 10.1 Å². The number of thiophene rings is 1. The summed E-state index contributed by atoms with van der Waals surface area (Å²) in [5.41, 5.74) is 1.32. The van der Waals surface area contributed by atoms with E-state index in [0.717, 1.165) is 31.9 Å². The largest absolute Gasteiger partial charge is 0.494 e. The van der Waals surface area contributed by atoms with Crippen molar-refractivity contribution in [3.63, 3.8) is 0 Å². The van der Waals surface area contributed by atoms with Gasteiger partial charge < -0.3 is 10.1 Å². The lowest BCUT2D eigenvalue weighted by atomic mass is 10.0. The molecule has 6 heteroatoms. The van der Waals surface area contributed by atoms with E-state index >= 15 is 0 Å². The molecule has 3 rings (SSSR count). The van der Waals surface area contributed by atoms with E-state index in [4.69, 9.17) is 4.74 Å². The van der Waals surface area contributed by atoms with Crippen LogP contribution in [0.1, 0.15) is 23.4 Å². The van der Waals surface area contributed by atoms with Gasteiger partial charge in [-0.25, -0.2) is 0 Å². The van der Waals surface area contributed by atoms with Crippen LogP contribution in [0.25, 0.3) is 0 Å². The Kier molecular flexibility index (Phi) is 8.95. The average molecular weight is 375 g/mol. The van der Waals surface area contributed by atoms with E-state index in [0.29, 0.717) is 12.6 Å². The molecule has 0 bridgehead atoms. The van der Waals surface area contributed by atoms with E-state index in [1.54, 1.807) is 0 Å². The van der Waals surface area contributed by atoms with Gasteiger partial charge in [0, 0.05) is 31.1 Å². The molecule has 1 aromatic heterocycles. The molecule has 1 atom stereocenters. The first-order valence-electron chi connectivity index (χ1n) is 7.59. The summed E-state index contributed by atoms with van der Waals surface area (Å²) >= 11 is 1.84. The highest BCUT2D eigenvalue weighted by Gasteiger charge is 2.24. The molecule has 0 saturated carbocycles. The summed E-state index contributed by atoms with van der Waals surface area (Å²) in [4.78, 5) is 3.97. The van der Waals surface area contributed by atoms with Crippen LogP contribution >= 0.6 is 36.2 Å². The van der Waals surface area contributed by atoms with Gasteiger partial charge in [-0.1, -0.05) is 18.2 Å². The van der Waals surface area contributed by atoms with Gasteiger partial charge in [0.2, 0.25) is 0 Å². The molecule has 128 valence electrons. The quantitative estimate of drug-likeness (QED) is 0.856. The fraction of sp³-hybridized carbons (Fsp3) is 0.412. The smallest absolute Gasteiger partial charge is 0.119 e. The number of halogens is 2. The lowest BCUT2D eigenvalue weighted by Gasteiger charge is -2.34. The Morgan fingerprint density at radius 3 is 2.61 bits per heavy atom. The van der Waals surface area contributed by atoms with Crippen LogP contribution in [0.2, 0.25) is 0 Å². The first-order valence-corrected chi connectivity index (χ1v) is 8.47. The SMILES string of the molecule is CCOc1cccc([C@H](c2cccs2)N2CCNCC2)c1.Cl.Cl.